The lowest BCUT2D eigenvalue weighted by Crippen LogP contribution is -2.30. The maximum Gasteiger partial charge on any atom is 0.240 e. The number of sulfonamides is 1. The lowest BCUT2D eigenvalue weighted by Gasteiger charge is -2.16. The fourth-order valence-electron chi connectivity index (χ4n) is 2.70. The van der Waals surface area contributed by atoms with Crippen molar-refractivity contribution in [1.29, 1.82) is 0 Å². The van der Waals surface area contributed by atoms with Crippen LogP contribution in [0.4, 0.5) is 0 Å². The zero-order valence-corrected chi connectivity index (χ0v) is 13.1. The average Bonchev–Trinajstić information content (AvgIpc) is 2.89. The molecule has 1 aromatic rings. The second kappa shape index (κ2) is 7.24. The van der Waals surface area contributed by atoms with Gasteiger partial charge in [0.25, 0.3) is 0 Å². The predicted octanol–water partition coefficient (Wildman–Crippen LogP) is 1.77. The number of aliphatic hydroxyl groups is 1. The summed E-state index contributed by atoms with van der Waals surface area (Å²) in [6.45, 7) is 2.82. The highest BCUT2D eigenvalue weighted by Crippen LogP contribution is 2.30. The van der Waals surface area contributed by atoms with Crippen LogP contribution in [0.5, 0.6) is 5.75 Å². The third kappa shape index (κ3) is 4.43. The van der Waals surface area contributed by atoms with E-state index in [1.165, 1.54) is 25.0 Å². The van der Waals surface area contributed by atoms with E-state index >= 15 is 0 Å². The third-order valence-corrected chi connectivity index (χ3v) is 5.51. The number of hydrogen-bond donors (Lipinski definition) is 2. The first-order chi connectivity index (χ1) is 10.0. The summed E-state index contributed by atoms with van der Waals surface area (Å²) >= 11 is 0. The van der Waals surface area contributed by atoms with E-state index in [0.29, 0.717) is 24.1 Å². The van der Waals surface area contributed by atoms with Crippen molar-refractivity contribution in [2.75, 3.05) is 19.8 Å². The van der Waals surface area contributed by atoms with Crippen LogP contribution in [0.3, 0.4) is 0 Å². The first-order valence-electron chi connectivity index (χ1n) is 7.36. The van der Waals surface area contributed by atoms with Crippen LogP contribution in [-0.2, 0) is 10.0 Å². The molecule has 0 aromatic heterocycles. The molecule has 0 amide bonds. The number of ether oxygens (including phenoxy) is 1. The molecular weight excluding hydrogens is 290 g/mol. The molecule has 1 aliphatic rings. The van der Waals surface area contributed by atoms with Crippen LogP contribution < -0.4 is 9.46 Å². The van der Waals surface area contributed by atoms with Crippen LogP contribution in [-0.4, -0.2) is 33.3 Å². The Morgan fingerprint density at radius 3 is 2.57 bits per heavy atom. The molecule has 1 saturated carbocycles. The molecule has 5 nitrogen and oxygen atoms in total. The Kier molecular flexibility index (Phi) is 5.61. The lowest BCUT2D eigenvalue weighted by molar-refractivity contribution is 0.201. The Hall–Kier alpha value is -1.11. The van der Waals surface area contributed by atoms with Crippen molar-refractivity contribution in [2.24, 2.45) is 11.8 Å². The van der Waals surface area contributed by atoms with Crippen molar-refractivity contribution in [2.45, 2.75) is 31.1 Å². The van der Waals surface area contributed by atoms with Gasteiger partial charge in [0.2, 0.25) is 10.0 Å². The first-order valence-corrected chi connectivity index (χ1v) is 8.84. The molecule has 6 heteroatoms. The second-order valence-corrected chi connectivity index (χ2v) is 7.33. The first kappa shape index (κ1) is 16.3. The average molecular weight is 313 g/mol. The van der Waals surface area contributed by atoms with Gasteiger partial charge in [-0.15, -0.1) is 0 Å². The van der Waals surface area contributed by atoms with E-state index in [4.69, 9.17) is 9.84 Å². The maximum atomic E-state index is 12.2. The molecule has 0 saturated heterocycles. The molecule has 0 bridgehead atoms. The molecular formula is C15H23NO4S. The van der Waals surface area contributed by atoms with Gasteiger partial charge in [0.15, 0.2) is 0 Å². The van der Waals surface area contributed by atoms with Crippen molar-refractivity contribution >= 4 is 10.0 Å². The minimum absolute atomic E-state index is 0.0683. The summed E-state index contributed by atoms with van der Waals surface area (Å²) in [4.78, 5) is 0.240. The number of hydrogen-bond acceptors (Lipinski definition) is 4. The molecule has 2 atom stereocenters. The third-order valence-electron chi connectivity index (χ3n) is 4.07. The molecule has 1 aromatic carbocycles. The van der Waals surface area contributed by atoms with Crippen LogP contribution in [0.15, 0.2) is 29.2 Å². The zero-order valence-electron chi connectivity index (χ0n) is 12.3. The fraction of sp³-hybridized carbons (Fsp3) is 0.600. The highest BCUT2D eigenvalue weighted by molar-refractivity contribution is 7.89. The molecule has 2 rings (SSSR count). The minimum atomic E-state index is -3.46. The van der Waals surface area contributed by atoms with Crippen LogP contribution in [0.2, 0.25) is 0 Å². The van der Waals surface area contributed by atoms with Gasteiger partial charge in [0.05, 0.1) is 11.5 Å². The summed E-state index contributed by atoms with van der Waals surface area (Å²) in [7, 11) is -3.46. The maximum absolute atomic E-state index is 12.2. The van der Waals surface area contributed by atoms with Crippen LogP contribution in [0.25, 0.3) is 0 Å². The smallest absolute Gasteiger partial charge is 0.240 e. The lowest BCUT2D eigenvalue weighted by atomic mass is 9.99. The van der Waals surface area contributed by atoms with Gasteiger partial charge in [-0.05, 0) is 42.5 Å². The topological polar surface area (TPSA) is 75.6 Å². The Bertz CT molecular complexity index is 541. The van der Waals surface area contributed by atoms with Gasteiger partial charge < -0.3 is 9.84 Å². The van der Waals surface area contributed by atoms with E-state index in [9.17, 15) is 8.42 Å². The Morgan fingerprint density at radius 1 is 1.29 bits per heavy atom. The van der Waals surface area contributed by atoms with Gasteiger partial charge in [-0.2, -0.15) is 0 Å². The summed E-state index contributed by atoms with van der Waals surface area (Å²) in [5, 5.41) is 8.68. The molecule has 118 valence electrons. The molecule has 0 radical (unpaired) electrons. The predicted molar refractivity (Wildman–Crippen MR) is 80.7 cm³/mol. The Balaban J connectivity index is 1.95. The van der Waals surface area contributed by atoms with E-state index in [2.05, 4.69) is 11.6 Å². The van der Waals surface area contributed by atoms with Gasteiger partial charge in [-0.1, -0.05) is 19.8 Å². The normalized spacial score (nSPS) is 22.4. The van der Waals surface area contributed by atoms with Gasteiger partial charge in [-0.25, -0.2) is 13.1 Å². The molecule has 0 aliphatic heterocycles. The molecule has 0 heterocycles. The van der Waals surface area contributed by atoms with E-state index in [1.54, 1.807) is 12.1 Å². The summed E-state index contributed by atoms with van der Waals surface area (Å²) < 4.78 is 32.4. The summed E-state index contributed by atoms with van der Waals surface area (Å²) in [6.07, 6.45) is 3.46. The number of rotatable bonds is 7. The van der Waals surface area contributed by atoms with Crippen LogP contribution in [0, 0.1) is 11.8 Å². The molecule has 2 unspecified atom stereocenters. The van der Waals surface area contributed by atoms with Crippen LogP contribution >= 0.6 is 0 Å². The fourth-order valence-corrected chi connectivity index (χ4v) is 3.80. The van der Waals surface area contributed by atoms with E-state index in [-0.39, 0.29) is 18.1 Å². The summed E-state index contributed by atoms with van der Waals surface area (Å²) in [6, 6.07) is 6.24. The second-order valence-electron chi connectivity index (χ2n) is 5.56. The van der Waals surface area contributed by atoms with Gasteiger partial charge >= 0.3 is 0 Å². The Morgan fingerprint density at radius 2 is 2.00 bits per heavy atom. The molecule has 1 fully saturated rings. The van der Waals surface area contributed by atoms with Crippen molar-refractivity contribution < 1.29 is 18.3 Å². The number of nitrogens with one attached hydrogen (secondary N) is 1. The SMILES string of the molecule is CC1CCCC1CNS(=O)(=O)c1ccc(OCCO)cc1. The monoisotopic (exact) mass is 313 g/mol. The molecule has 0 spiro atoms. The zero-order chi connectivity index (χ0) is 15.3. The largest absolute Gasteiger partial charge is 0.491 e. The molecule has 21 heavy (non-hydrogen) atoms. The Labute approximate surface area is 126 Å². The van der Waals surface area contributed by atoms with E-state index < -0.39 is 10.0 Å². The molecule has 1 aliphatic carbocycles. The summed E-state index contributed by atoms with van der Waals surface area (Å²) in [5.41, 5.74) is 0. The van der Waals surface area contributed by atoms with Gasteiger partial charge in [0, 0.05) is 6.54 Å². The summed E-state index contributed by atoms with van der Waals surface area (Å²) in [5.74, 6) is 1.57. The van der Waals surface area contributed by atoms with E-state index in [1.807, 2.05) is 0 Å². The number of aliphatic hydroxyl groups excluding tert-OH is 1. The highest BCUT2D eigenvalue weighted by atomic mass is 32.2. The van der Waals surface area contributed by atoms with E-state index in [0.717, 1.165) is 6.42 Å². The van der Waals surface area contributed by atoms with Crippen molar-refractivity contribution in [3.05, 3.63) is 24.3 Å². The highest BCUT2D eigenvalue weighted by Gasteiger charge is 2.25. The quantitative estimate of drug-likeness (QED) is 0.804. The minimum Gasteiger partial charge on any atom is -0.491 e. The van der Waals surface area contributed by atoms with Crippen molar-refractivity contribution in [3.63, 3.8) is 0 Å². The standard InChI is InChI=1S/C15H23NO4S/c1-12-3-2-4-13(12)11-16-21(18,19)15-7-5-14(6-8-15)20-10-9-17/h5-8,12-13,16-17H,2-4,9-11H2,1H3. The molecule has 2 N–H and O–H groups in total. The number of benzene rings is 1. The van der Waals surface area contributed by atoms with Crippen molar-refractivity contribution in [3.8, 4) is 5.75 Å². The van der Waals surface area contributed by atoms with Crippen molar-refractivity contribution in [1.82, 2.24) is 4.72 Å². The van der Waals surface area contributed by atoms with Crippen LogP contribution in [0.1, 0.15) is 26.2 Å². The van der Waals surface area contributed by atoms with Gasteiger partial charge in [-0.3, -0.25) is 0 Å². The van der Waals surface area contributed by atoms with Gasteiger partial charge in [0.1, 0.15) is 12.4 Å².